The number of hydrogen-bond acceptors (Lipinski definition) is 5. The van der Waals surface area contributed by atoms with Gasteiger partial charge in [0.2, 0.25) is 11.8 Å². The number of nitrogens with one attached hydrogen (secondary N) is 2. The van der Waals surface area contributed by atoms with Crippen LogP contribution in [0.25, 0.3) is 0 Å². The van der Waals surface area contributed by atoms with Gasteiger partial charge in [0.25, 0.3) is 0 Å². The number of methoxy groups -OCH3 is 1. The highest BCUT2D eigenvalue weighted by Crippen LogP contribution is 2.30. The Morgan fingerprint density at radius 3 is 3.00 bits per heavy atom. The van der Waals surface area contributed by atoms with Gasteiger partial charge in [-0.05, 0) is 19.3 Å². The van der Waals surface area contributed by atoms with Crippen molar-refractivity contribution < 1.29 is 14.3 Å². The van der Waals surface area contributed by atoms with Crippen LogP contribution in [-0.2, 0) is 20.7 Å². The Hall–Kier alpha value is -1.47. The molecule has 0 bridgehead atoms. The minimum Gasteiger partial charge on any atom is -0.385 e. The molecule has 2 N–H and O–H groups in total. The lowest BCUT2D eigenvalue weighted by Crippen LogP contribution is -2.26. The SMILES string of the molecule is COCCCNC(=O)Cc1csc(NC(=O)C2CC2)n1. The molecular weight excluding hydrogens is 278 g/mol. The monoisotopic (exact) mass is 297 g/mol. The van der Waals surface area contributed by atoms with Gasteiger partial charge in [0, 0.05) is 31.6 Å². The summed E-state index contributed by atoms with van der Waals surface area (Å²) in [4.78, 5) is 27.5. The smallest absolute Gasteiger partial charge is 0.229 e. The molecule has 110 valence electrons. The molecule has 0 radical (unpaired) electrons. The number of hydrogen-bond donors (Lipinski definition) is 2. The number of thiazole rings is 1. The molecule has 1 aromatic heterocycles. The van der Waals surface area contributed by atoms with Gasteiger partial charge in [-0.3, -0.25) is 9.59 Å². The summed E-state index contributed by atoms with van der Waals surface area (Å²) in [6, 6.07) is 0. The van der Waals surface area contributed by atoms with Crippen LogP contribution >= 0.6 is 11.3 Å². The minimum absolute atomic E-state index is 0.0370. The lowest BCUT2D eigenvalue weighted by atomic mass is 10.3. The Balaban J connectivity index is 1.71. The van der Waals surface area contributed by atoms with Crippen molar-refractivity contribution in [2.75, 3.05) is 25.6 Å². The normalized spacial score (nSPS) is 14.1. The molecule has 7 heteroatoms. The zero-order valence-corrected chi connectivity index (χ0v) is 12.3. The van der Waals surface area contributed by atoms with E-state index in [9.17, 15) is 9.59 Å². The molecule has 2 rings (SSSR count). The van der Waals surface area contributed by atoms with E-state index in [0.29, 0.717) is 24.0 Å². The van der Waals surface area contributed by atoms with Gasteiger partial charge >= 0.3 is 0 Å². The van der Waals surface area contributed by atoms with Crippen molar-refractivity contribution in [2.45, 2.75) is 25.7 Å². The first-order chi connectivity index (χ1) is 9.69. The molecule has 2 amide bonds. The number of amides is 2. The van der Waals surface area contributed by atoms with Crippen molar-refractivity contribution in [3.63, 3.8) is 0 Å². The molecule has 1 saturated carbocycles. The highest BCUT2D eigenvalue weighted by atomic mass is 32.1. The van der Waals surface area contributed by atoms with E-state index in [0.717, 1.165) is 19.3 Å². The summed E-state index contributed by atoms with van der Waals surface area (Å²) in [6.45, 7) is 1.23. The van der Waals surface area contributed by atoms with Gasteiger partial charge in [0.05, 0.1) is 12.1 Å². The van der Waals surface area contributed by atoms with Gasteiger partial charge in [-0.1, -0.05) is 0 Å². The number of rotatable bonds is 8. The highest BCUT2D eigenvalue weighted by molar-refractivity contribution is 7.13. The molecule has 0 atom stereocenters. The maximum Gasteiger partial charge on any atom is 0.229 e. The van der Waals surface area contributed by atoms with Gasteiger partial charge < -0.3 is 15.4 Å². The maximum absolute atomic E-state index is 11.7. The van der Waals surface area contributed by atoms with Crippen LogP contribution in [0.2, 0.25) is 0 Å². The molecule has 1 aliphatic rings. The van der Waals surface area contributed by atoms with Crippen molar-refractivity contribution in [3.8, 4) is 0 Å². The second-order valence-corrected chi connectivity index (χ2v) is 5.64. The Bertz CT molecular complexity index is 471. The average Bonchev–Trinajstić information content (AvgIpc) is 3.18. The molecule has 6 nitrogen and oxygen atoms in total. The second kappa shape index (κ2) is 7.35. The molecule has 0 spiro atoms. The summed E-state index contributed by atoms with van der Waals surface area (Å²) in [5.74, 6) is 0.132. The molecule has 1 aromatic rings. The van der Waals surface area contributed by atoms with Crippen LogP contribution in [0.5, 0.6) is 0 Å². The molecule has 1 fully saturated rings. The maximum atomic E-state index is 11.7. The number of aromatic nitrogens is 1. The Morgan fingerprint density at radius 2 is 2.30 bits per heavy atom. The molecule has 0 saturated heterocycles. The van der Waals surface area contributed by atoms with Crippen LogP contribution in [0.1, 0.15) is 25.0 Å². The van der Waals surface area contributed by atoms with E-state index in [1.54, 1.807) is 12.5 Å². The summed E-state index contributed by atoms with van der Waals surface area (Å²) in [5.41, 5.74) is 0.685. The third-order valence-electron chi connectivity index (χ3n) is 2.92. The van der Waals surface area contributed by atoms with Gasteiger partial charge in [0.15, 0.2) is 5.13 Å². The lowest BCUT2D eigenvalue weighted by molar-refractivity contribution is -0.120. The fraction of sp³-hybridized carbons (Fsp3) is 0.615. The predicted octanol–water partition coefficient (Wildman–Crippen LogP) is 1.19. The Kier molecular flexibility index (Phi) is 5.49. The first kappa shape index (κ1) is 14.9. The molecule has 0 aliphatic heterocycles. The van der Waals surface area contributed by atoms with E-state index in [1.807, 2.05) is 0 Å². The predicted molar refractivity (Wildman–Crippen MR) is 76.7 cm³/mol. The molecule has 20 heavy (non-hydrogen) atoms. The van der Waals surface area contributed by atoms with Crippen LogP contribution < -0.4 is 10.6 Å². The van der Waals surface area contributed by atoms with E-state index in [4.69, 9.17) is 4.74 Å². The van der Waals surface area contributed by atoms with Crippen molar-refractivity contribution in [3.05, 3.63) is 11.1 Å². The molecule has 0 aromatic carbocycles. The average molecular weight is 297 g/mol. The zero-order valence-electron chi connectivity index (χ0n) is 11.5. The molecule has 0 unspecified atom stereocenters. The number of ether oxygens (including phenoxy) is 1. The van der Waals surface area contributed by atoms with Crippen LogP contribution in [-0.4, -0.2) is 37.1 Å². The van der Waals surface area contributed by atoms with E-state index in [1.165, 1.54) is 11.3 Å². The van der Waals surface area contributed by atoms with Crippen molar-refractivity contribution in [1.82, 2.24) is 10.3 Å². The molecular formula is C13H19N3O3S. The number of carbonyl (C=O) groups is 2. The van der Waals surface area contributed by atoms with Gasteiger partial charge in [-0.2, -0.15) is 0 Å². The third kappa shape index (κ3) is 4.90. The Labute approximate surface area is 121 Å². The third-order valence-corrected chi connectivity index (χ3v) is 3.73. The number of carbonyl (C=O) groups excluding carboxylic acids is 2. The van der Waals surface area contributed by atoms with Crippen LogP contribution in [0.3, 0.4) is 0 Å². The molecule has 1 heterocycles. The van der Waals surface area contributed by atoms with E-state index in [-0.39, 0.29) is 24.2 Å². The fourth-order valence-corrected chi connectivity index (χ4v) is 2.38. The summed E-state index contributed by atoms with van der Waals surface area (Å²) >= 11 is 1.35. The first-order valence-electron chi connectivity index (χ1n) is 6.70. The zero-order chi connectivity index (χ0) is 14.4. The number of nitrogens with zero attached hydrogens (tertiary/aromatic N) is 1. The summed E-state index contributed by atoms with van der Waals surface area (Å²) in [7, 11) is 1.63. The van der Waals surface area contributed by atoms with Crippen molar-refractivity contribution in [1.29, 1.82) is 0 Å². The van der Waals surface area contributed by atoms with Crippen molar-refractivity contribution in [2.24, 2.45) is 5.92 Å². The molecule has 1 aliphatic carbocycles. The quantitative estimate of drug-likeness (QED) is 0.706. The van der Waals surface area contributed by atoms with Crippen LogP contribution in [0.4, 0.5) is 5.13 Å². The largest absolute Gasteiger partial charge is 0.385 e. The number of anilines is 1. The van der Waals surface area contributed by atoms with Gasteiger partial charge in [0.1, 0.15) is 0 Å². The fourth-order valence-electron chi connectivity index (χ4n) is 1.67. The topological polar surface area (TPSA) is 80.3 Å². The second-order valence-electron chi connectivity index (χ2n) is 4.78. The van der Waals surface area contributed by atoms with Gasteiger partial charge in [-0.15, -0.1) is 11.3 Å². The van der Waals surface area contributed by atoms with E-state index >= 15 is 0 Å². The standard InChI is InChI=1S/C13H19N3O3S/c1-19-6-2-5-14-11(17)7-10-8-20-13(15-10)16-12(18)9-3-4-9/h8-9H,2-7H2,1H3,(H,14,17)(H,15,16,18). The van der Waals surface area contributed by atoms with E-state index in [2.05, 4.69) is 15.6 Å². The summed E-state index contributed by atoms with van der Waals surface area (Å²) in [6.07, 6.45) is 2.96. The van der Waals surface area contributed by atoms with Crippen molar-refractivity contribution >= 4 is 28.3 Å². The summed E-state index contributed by atoms with van der Waals surface area (Å²) in [5, 5.41) is 7.96. The lowest BCUT2D eigenvalue weighted by Gasteiger charge is -2.03. The highest BCUT2D eigenvalue weighted by Gasteiger charge is 2.30. The summed E-state index contributed by atoms with van der Waals surface area (Å²) < 4.78 is 4.90. The van der Waals surface area contributed by atoms with Gasteiger partial charge in [-0.25, -0.2) is 4.98 Å². The van der Waals surface area contributed by atoms with E-state index < -0.39 is 0 Å². The van der Waals surface area contributed by atoms with Crippen LogP contribution in [0, 0.1) is 5.92 Å². The van der Waals surface area contributed by atoms with Crippen LogP contribution in [0.15, 0.2) is 5.38 Å². The first-order valence-corrected chi connectivity index (χ1v) is 7.58. The minimum atomic E-state index is -0.0635. The Morgan fingerprint density at radius 1 is 1.50 bits per heavy atom.